The standard InChI is InChI=1S/C9H16F2N2O2/c1-5(2)15-9(14)13-3-6(8(10)11)7(12)4-13/h5-8H,3-4,12H2,1-2H3. The van der Waals surface area contributed by atoms with Crippen molar-refractivity contribution in [3.8, 4) is 0 Å². The molecule has 1 fully saturated rings. The highest BCUT2D eigenvalue weighted by molar-refractivity contribution is 5.68. The van der Waals surface area contributed by atoms with Gasteiger partial charge >= 0.3 is 6.09 Å². The van der Waals surface area contributed by atoms with Gasteiger partial charge in [-0.3, -0.25) is 0 Å². The molecule has 88 valence electrons. The number of likely N-dealkylation sites (tertiary alicyclic amines) is 1. The Morgan fingerprint density at radius 1 is 1.47 bits per heavy atom. The predicted octanol–water partition coefficient (Wildman–Crippen LogP) is 1.06. The summed E-state index contributed by atoms with van der Waals surface area (Å²) in [5.41, 5.74) is 5.51. The number of halogens is 2. The lowest BCUT2D eigenvalue weighted by Crippen LogP contribution is -2.34. The first-order chi connectivity index (χ1) is 6.91. The molecular weight excluding hydrogens is 206 g/mol. The first-order valence-corrected chi connectivity index (χ1v) is 4.91. The van der Waals surface area contributed by atoms with Crippen LogP contribution in [0.2, 0.25) is 0 Å². The van der Waals surface area contributed by atoms with Crippen LogP contribution in [0.15, 0.2) is 0 Å². The molecule has 2 N–H and O–H groups in total. The number of alkyl halides is 2. The fourth-order valence-electron chi connectivity index (χ4n) is 1.55. The quantitative estimate of drug-likeness (QED) is 0.760. The van der Waals surface area contributed by atoms with Crippen molar-refractivity contribution < 1.29 is 18.3 Å². The number of hydrogen-bond donors (Lipinski definition) is 1. The highest BCUT2D eigenvalue weighted by atomic mass is 19.3. The van der Waals surface area contributed by atoms with Gasteiger partial charge < -0.3 is 15.4 Å². The van der Waals surface area contributed by atoms with Gasteiger partial charge in [-0.2, -0.15) is 0 Å². The number of ether oxygens (including phenoxy) is 1. The van der Waals surface area contributed by atoms with Gasteiger partial charge in [-0.15, -0.1) is 0 Å². The minimum atomic E-state index is -2.49. The van der Waals surface area contributed by atoms with Crippen LogP contribution in [0.1, 0.15) is 13.8 Å². The van der Waals surface area contributed by atoms with Gasteiger partial charge in [0, 0.05) is 19.1 Å². The lowest BCUT2D eigenvalue weighted by atomic mass is 10.1. The lowest BCUT2D eigenvalue weighted by molar-refractivity contribution is 0.0640. The van der Waals surface area contributed by atoms with Crippen molar-refractivity contribution in [1.82, 2.24) is 4.90 Å². The molecule has 15 heavy (non-hydrogen) atoms. The van der Waals surface area contributed by atoms with Gasteiger partial charge in [0.2, 0.25) is 6.43 Å². The van der Waals surface area contributed by atoms with Crippen LogP contribution < -0.4 is 5.73 Å². The van der Waals surface area contributed by atoms with E-state index in [-0.39, 0.29) is 19.2 Å². The molecule has 1 aliphatic rings. The Balaban J connectivity index is 2.50. The van der Waals surface area contributed by atoms with Crippen molar-refractivity contribution >= 4 is 6.09 Å². The third kappa shape index (κ3) is 3.02. The van der Waals surface area contributed by atoms with E-state index in [0.29, 0.717) is 0 Å². The minimum Gasteiger partial charge on any atom is -0.447 e. The first-order valence-electron chi connectivity index (χ1n) is 4.91. The molecule has 0 bridgehead atoms. The minimum absolute atomic E-state index is 0.0234. The second-order valence-corrected chi connectivity index (χ2v) is 4.00. The maximum atomic E-state index is 12.4. The summed E-state index contributed by atoms with van der Waals surface area (Å²) in [7, 11) is 0. The van der Waals surface area contributed by atoms with E-state index >= 15 is 0 Å². The molecule has 0 aliphatic carbocycles. The molecule has 2 atom stereocenters. The Hall–Kier alpha value is -0.910. The van der Waals surface area contributed by atoms with Crippen LogP contribution in [0.5, 0.6) is 0 Å². The zero-order chi connectivity index (χ0) is 11.6. The van der Waals surface area contributed by atoms with E-state index in [9.17, 15) is 13.6 Å². The molecule has 1 rings (SSSR count). The topological polar surface area (TPSA) is 55.6 Å². The first kappa shape index (κ1) is 12.2. The SMILES string of the molecule is CC(C)OC(=O)N1CC(N)C(C(F)F)C1. The van der Waals surface area contributed by atoms with Gasteiger partial charge in [0.1, 0.15) is 0 Å². The van der Waals surface area contributed by atoms with Gasteiger partial charge in [0.15, 0.2) is 0 Å². The summed E-state index contributed by atoms with van der Waals surface area (Å²) in [6.45, 7) is 3.53. The van der Waals surface area contributed by atoms with E-state index in [4.69, 9.17) is 10.5 Å². The van der Waals surface area contributed by atoms with Crippen molar-refractivity contribution in [2.45, 2.75) is 32.4 Å². The molecule has 1 heterocycles. The molecule has 1 aliphatic heterocycles. The van der Waals surface area contributed by atoms with Gasteiger partial charge in [-0.05, 0) is 13.8 Å². The number of rotatable bonds is 2. The van der Waals surface area contributed by atoms with E-state index in [1.807, 2.05) is 0 Å². The van der Waals surface area contributed by atoms with Crippen molar-refractivity contribution in [2.24, 2.45) is 11.7 Å². The van der Waals surface area contributed by atoms with E-state index in [2.05, 4.69) is 0 Å². The molecule has 1 amide bonds. The van der Waals surface area contributed by atoms with Crippen LogP contribution in [0.4, 0.5) is 13.6 Å². The number of nitrogens with zero attached hydrogens (tertiary/aromatic N) is 1. The summed E-state index contributed by atoms with van der Waals surface area (Å²) in [5, 5.41) is 0. The summed E-state index contributed by atoms with van der Waals surface area (Å²) in [6.07, 6.45) is -3.31. The van der Waals surface area contributed by atoms with E-state index in [1.165, 1.54) is 4.90 Å². The molecule has 0 radical (unpaired) electrons. The number of carbonyl (C=O) groups is 1. The molecule has 0 spiro atoms. The fourth-order valence-corrected chi connectivity index (χ4v) is 1.55. The molecule has 0 aromatic heterocycles. The van der Waals surface area contributed by atoms with Crippen LogP contribution in [-0.4, -0.2) is 42.7 Å². The van der Waals surface area contributed by atoms with Crippen LogP contribution in [0.3, 0.4) is 0 Å². The Bertz CT molecular complexity index is 236. The second kappa shape index (κ2) is 4.74. The average Bonchev–Trinajstić information content (AvgIpc) is 2.46. The van der Waals surface area contributed by atoms with E-state index in [0.717, 1.165) is 0 Å². The molecule has 6 heteroatoms. The van der Waals surface area contributed by atoms with Crippen molar-refractivity contribution in [3.05, 3.63) is 0 Å². The predicted molar refractivity (Wildman–Crippen MR) is 50.7 cm³/mol. The van der Waals surface area contributed by atoms with Crippen LogP contribution in [0.25, 0.3) is 0 Å². The Morgan fingerprint density at radius 2 is 2.07 bits per heavy atom. The molecule has 2 unspecified atom stereocenters. The molecule has 1 saturated heterocycles. The smallest absolute Gasteiger partial charge is 0.410 e. The van der Waals surface area contributed by atoms with Crippen molar-refractivity contribution in [3.63, 3.8) is 0 Å². The van der Waals surface area contributed by atoms with Crippen LogP contribution in [-0.2, 0) is 4.74 Å². The number of nitrogens with two attached hydrogens (primary N) is 1. The van der Waals surface area contributed by atoms with Gasteiger partial charge in [-0.1, -0.05) is 0 Å². The molecule has 0 aromatic rings. The van der Waals surface area contributed by atoms with Gasteiger partial charge in [-0.25, -0.2) is 13.6 Å². The molecule has 4 nitrogen and oxygen atoms in total. The second-order valence-electron chi connectivity index (χ2n) is 4.00. The zero-order valence-corrected chi connectivity index (χ0v) is 8.82. The van der Waals surface area contributed by atoms with Crippen LogP contribution >= 0.6 is 0 Å². The van der Waals surface area contributed by atoms with Crippen LogP contribution in [0, 0.1) is 5.92 Å². The third-order valence-electron chi connectivity index (χ3n) is 2.33. The van der Waals surface area contributed by atoms with E-state index < -0.39 is 24.5 Å². The summed E-state index contributed by atoms with van der Waals surface area (Å²) in [4.78, 5) is 12.6. The summed E-state index contributed by atoms with van der Waals surface area (Å²) in [6, 6.07) is -0.662. The van der Waals surface area contributed by atoms with Gasteiger partial charge in [0.25, 0.3) is 0 Å². The normalized spacial score (nSPS) is 26.5. The molecular formula is C9H16F2N2O2. The maximum absolute atomic E-state index is 12.4. The summed E-state index contributed by atoms with van der Waals surface area (Å²) in [5.74, 6) is -0.940. The monoisotopic (exact) mass is 222 g/mol. The number of carbonyl (C=O) groups excluding carboxylic acids is 1. The number of amides is 1. The lowest BCUT2D eigenvalue weighted by Gasteiger charge is -2.17. The maximum Gasteiger partial charge on any atom is 0.410 e. The fraction of sp³-hybridized carbons (Fsp3) is 0.889. The largest absolute Gasteiger partial charge is 0.447 e. The van der Waals surface area contributed by atoms with Crippen molar-refractivity contribution in [2.75, 3.05) is 13.1 Å². The molecule has 0 saturated carbocycles. The third-order valence-corrected chi connectivity index (χ3v) is 2.33. The Kier molecular flexibility index (Phi) is 3.84. The van der Waals surface area contributed by atoms with Gasteiger partial charge in [0.05, 0.1) is 12.0 Å². The molecule has 0 aromatic carbocycles. The number of hydrogen-bond acceptors (Lipinski definition) is 3. The average molecular weight is 222 g/mol. The summed E-state index contributed by atoms with van der Waals surface area (Å²) < 4.78 is 29.8. The highest BCUT2D eigenvalue weighted by Crippen LogP contribution is 2.22. The zero-order valence-electron chi connectivity index (χ0n) is 8.82. The Labute approximate surface area is 87.4 Å². The van der Waals surface area contributed by atoms with E-state index in [1.54, 1.807) is 13.8 Å². The van der Waals surface area contributed by atoms with Crippen molar-refractivity contribution in [1.29, 1.82) is 0 Å². The Morgan fingerprint density at radius 3 is 2.47 bits per heavy atom. The highest BCUT2D eigenvalue weighted by Gasteiger charge is 2.39. The summed E-state index contributed by atoms with van der Waals surface area (Å²) >= 11 is 0.